The van der Waals surface area contributed by atoms with E-state index in [1.807, 2.05) is 20.1 Å². The molecule has 2 heterocycles. The molecular formula is C63H98N18O13S. The fourth-order valence-electron chi connectivity index (χ4n) is 11.0. The molecule has 2 aromatic carbocycles. The molecule has 0 unspecified atom stereocenters. The van der Waals surface area contributed by atoms with E-state index in [1.54, 1.807) is 60.7 Å². The highest BCUT2D eigenvalue weighted by atomic mass is 32.2. The van der Waals surface area contributed by atoms with E-state index in [2.05, 4.69) is 47.5 Å². The number of primary amides is 3. The van der Waals surface area contributed by atoms with E-state index in [-0.39, 0.29) is 83.0 Å². The Morgan fingerprint density at radius 3 is 1.51 bits per heavy atom. The van der Waals surface area contributed by atoms with Crippen molar-refractivity contribution in [3.05, 3.63) is 71.8 Å². The minimum absolute atomic E-state index is 0.0736. The molecule has 0 saturated carbocycles. The lowest BCUT2D eigenvalue weighted by atomic mass is 10.0. The highest BCUT2D eigenvalue weighted by Gasteiger charge is 2.42. The van der Waals surface area contributed by atoms with Gasteiger partial charge in [-0.3, -0.25) is 67.3 Å². The molecule has 0 aromatic heterocycles. The number of nitrogens with two attached hydrogens (primary N) is 7. The number of rotatable bonds is 42. The van der Waals surface area contributed by atoms with Gasteiger partial charge in [0.15, 0.2) is 5.96 Å². The highest BCUT2D eigenvalue weighted by molar-refractivity contribution is 7.98. The van der Waals surface area contributed by atoms with Crippen LogP contribution in [0, 0.1) is 5.92 Å². The van der Waals surface area contributed by atoms with Gasteiger partial charge in [-0.25, -0.2) is 0 Å². The lowest BCUT2D eigenvalue weighted by Gasteiger charge is -2.32. The van der Waals surface area contributed by atoms with Gasteiger partial charge in [0.05, 0.1) is 12.6 Å². The van der Waals surface area contributed by atoms with Crippen molar-refractivity contribution in [2.75, 3.05) is 44.7 Å². The summed E-state index contributed by atoms with van der Waals surface area (Å²) in [6.07, 6.45) is 3.12. The van der Waals surface area contributed by atoms with Crippen LogP contribution >= 0.6 is 11.8 Å². The number of likely N-dealkylation sites (tertiary alicyclic amines) is 2. The number of unbranched alkanes of at least 4 members (excludes halogenated alkanes) is 1. The van der Waals surface area contributed by atoms with Crippen molar-refractivity contribution in [1.82, 2.24) is 52.3 Å². The molecule has 22 N–H and O–H groups in total. The molecule has 0 radical (unpaired) electrons. The van der Waals surface area contributed by atoms with Gasteiger partial charge in [-0.1, -0.05) is 74.5 Å². The molecule has 32 heteroatoms. The number of nitrogens with one attached hydrogen (secondary N) is 8. The Balaban J connectivity index is 1.56. The van der Waals surface area contributed by atoms with Crippen LogP contribution in [0.4, 0.5) is 0 Å². The first kappa shape index (κ1) is 78.5. The van der Waals surface area contributed by atoms with Crippen LogP contribution < -0.4 is 82.7 Å². The predicted octanol–water partition coefficient (Wildman–Crippen LogP) is -3.71. The van der Waals surface area contributed by atoms with Crippen LogP contribution in [0.3, 0.4) is 0 Å². The quantitative estimate of drug-likeness (QED) is 0.0173. The summed E-state index contributed by atoms with van der Waals surface area (Å²) in [5, 5.41) is 21.1. The second-order valence-corrected chi connectivity index (χ2v) is 25.1. The molecule has 0 spiro atoms. The van der Waals surface area contributed by atoms with Gasteiger partial charge >= 0.3 is 0 Å². The molecule has 0 bridgehead atoms. The van der Waals surface area contributed by atoms with Crippen molar-refractivity contribution >= 4 is 94.5 Å². The van der Waals surface area contributed by atoms with Crippen molar-refractivity contribution in [3.63, 3.8) is 0 Å². The third-order valence-electron chi connectivity index (χ3n) is 16.0. The third-order valence-corrected chi connectivity index (χ3v) is 16.7. The highest BCUT2D eigenvalue weighted by Crippen LogP contribution is 2.24. The molecule has 13 amide bonds. The molecule has 10 atom stereocenters. The van der Waals surface area contributed by atoms with E-state index in [9.17, 15) is 62.3 Å². The Morgan fingerprint density at radius 1 is 0.537 bits per heavy atom. The summed E-state index contributed by atoms with van der Waals surface area (Å²) < 4.78 is 0. The normalized spacial score (nSPS) is 16.8. The first-order chi connectivity index (χ1) is 45.2. The first-order valence-electron chi connectivity index (χ1n) is 32.2. The van der Waals surface area contributed by atoms with Gasteiger partial charge < -0.3 is 92.5 Å². The zero-order valence-electron chi connectivity index (χ0n) is 54.5. The average Bonchev–Trinajstić information content (AvgIpc) is 1.74. The van der Waals surface area contributed by atoms with Crippen LogP contribution in [0.1, 0.15) is 121 Å². The molecule has 0 aliphatic carbocycles. The van der Waals surface area contributed by atoms with Crippen LogP contribution in [0.25, 0.3) is 0 Å². The smallest absolute Gasteiger partial charge is 0.245 e. The minimum Gasteiger partial charge on any atom is -0.370 e. The summed E-state index contributed by atoms with van der Waals surface area (Å²) in [6.45, 7) is 3.86. The fourth-order valence-corrected chi connectivity index (χ4v) is 11.5. The van der Waals surface area contributed by atoms with Crippen molar-refractivity contribution in [3.8, 4) is 0 Å². The van der Waals surface area contributed by atoms with Crippen molar-refractivity contribution < 1.29 is 62.3 Å². The van der Waals surface area contributed by atoms with E-state index in [4.69, 9.17) is 40.1 Å². The van der Waals surface area contributed by atoms with Crippen LogP contribution in [-0.4, -0.2) is 198 Å². The Bertz CT molecular complexity index is 2960. The Morgan fingerprint density at radius 2 is 1.01 bits per heavy atom. The topological polar surface area (TPSA) is 519 Å². The zero-order chi connectivity index (χ0) is 70.1. The summed E-state index contributed by atoms with van der Waals surface area (Å²) in [7, 11) is 0. The maximum Gasteiger partial charge on any atom is 0.245 e. The average molecular weight is 1350 g/mol. The number of hydrogen-bond acceptors (Lipinski definition) is 17. The van der Waals surface area contributed by atoms with E-state index in [0.29, 0.717) is 55.4 Å². The van der Waals surface area contributed by atoms with Crippen molar-refractivity contribution in [2.45, 2.75) is 183 Å². The second-order valence-electron chi connectivity index (χ2n) is 24.1. The number of thioether (sulfide) groups is 1. The lowest BCUT2D eigenvalue weighted by Crippen LogP contribution is -2.60. The summed E-state index contributed by atoms with van der Waals surface area (Å²) >= 11 is 1.45. The van der Waals surface area contributed by atoms with E-state index >= 15 is 0 Å². The number of carbonyl (C=O) groups excluding carboxylic acids is 13. The van der Waals surface area contributed by atoms with Crippen LogP contribution in [0.2, 0.25) is 0 Å². The minimum atomic E-state index is -1.64. The van der Waals surface area contributed by atoms with Gasteiger partial charge in [0.1, 0.15) is 54.4 Å². The molecule has 2 fully saturated rings. The lowest BCUT2D eigenvalue weighted by molar-refractivity contribution is -0.144. The zero-order valence-corrected chi connectivity index (χ0v) is 55.3. The Labute approximate surface area is 558 Å². The van der Waals surface area contributed by atoms with Gasteiger partial charge in [0.2, 0.25) is 76.8 Å². The molecular weight excluding hydrogens is 1250 g/mol. The standard InChI is InChI=1S/C63H98N18O13S/c1-37(2)33-45(57(89)74-41(53(68)85)27-32-95-3)73-52(84)36-72-54(86)46(34-38-15-6-4-7-16-38)78-58(90)47(35-39-17-8-5-9-18-39)79-56(88)42(23-25-50(66)82)75-55(87)43(24-26-51(67)83)76-59(91)49-22-14-31-81(49)62(94)44(20-10-11-28-64)77-60(92)48-21-13-30-80(48)61(93)40(65)19-12-29-71-63(69)70/h4-9,15-18,37,40-49H,10-14,19-36,64-65H2,1-3H3,(H2,66,82)(H2,67,83)(H2,68,85)(H,72,86)(H,73,84)(H,74,89)(H,75,87)(H,76,91)(H,77,92)(H,78,90)(H,79,88)(H4,69,70,71)/t40-,41+,42+,43-,44-,45-,46+,47+,48-,49-/m1/s1. The summed E-state index contributed by atoms with van der Waals surface area (Å²) in [4.78, 5) is 185. The molecule has 2 saturated heterocycles. The first-order valence-corrected chi connectivity index (χ1v) is 33.6. The van der Waals surface area contributed by atoms with Crippen LogP contribution in [0.15, 0.2) is 65.7 Å². The summed E-state index contributed by atoms with van der Waals surface area (Å²) in [5.74, 6) is -9.80. The molecule has 2 aliphatic heterocycles. The van der Waals surface area contributed by atoms with Gasteiger partial charge in [0, 0.05) is 45.3 Å². The van der Waals surface area contributed by atoms with E-state index in [0.717, 1.165) is 0 Å². The van der Waals surface area contributed by atoms with Crippen molar-refractivity contribution in [2.24, 2.45) is 51.0 Å². The van der Waals surface area contributed by atoms with E-state index < -0.39 is 169 Å². The number of amides is 13. The van der Waals surface area contributed by atoms with E-state index in [1.165, 1.54) is 21.6 Å². The fraction of sp³-hybridized carbons (Fsp3) is 0.587. The van der Waals surface area contributed by atoms with Gasteiger partial charge in [-0.05, 0) is 119 Å². The molecule has 4 rings (SSSR count). The largest absolute Gasteiger partial charge is 0.370 e. The SMILES string of the molecule is CSCC[C@H](NC(=O)[C@@H](CC(C)C)NC(=O)CNC(=O)[C@H](Cc1ccccc1)NC(=O)[C@H](Cc1ccccc1)NC(=O)[C@H](CCC(N)=O)NC(=O)[C@@H](CCC(N)=O)NC(=O)[C@H]1CCCN1C(=O)[C@@H](CCCCN)NC(=O)[C@H]1CCCN1C(=O)[C@H](N)CCCN=C(N)N)C(N)=O. The molecule has 31 nitrogen and oxygen atoms in total. The third kappa shape index (κ3) is 27.5. The number of hydrogen-bond donors (Lipinski definition) is 15. The number of nitrogens with zero attached hydrogens (tertiary/aromatic N) is 3. The van der Waals surface area contributed by atoms with Gasteiger partial charge in [-0.15, -0.1) is 0 Å². The Hall–Kier alpha value is -8.91. The van der Waals surface area contributed by atoms with Gasteiger partial charge in [-0.2, -0.15) is 11.8 Å². The van der Waals surface area contributed by atoms with Crippen LogP contribution in [-0.2, 0) is 75.2 Å². The maximum absolute atomic E-state index is 14.7. The Kier molecular flexibility index (Phi) is 33.9. The number of aliphatic imine (C=N–C) groups is 1. The summed E-state index contributed by atoms with van der Waals surface area (Å²) in [6, 6.07) is 4.51. The van der Waals surface area contributed by atoms with Crippen molar-refractivity contribution in [1.29, 1.82) is 0 Å². The summed E-state index contributed by atoms with van der Waals surface area (Å²) in [5.41, 5.74) is 40.6. The number of guanidine groups is 1. The second kappa shape index (κ2) is 41.0. The predicted molar refractivity (Wildman–Crippen MR) is 356 cm³/mol. The molecule has 95 heavy (non-hydrogen) atoms. The number of benzene rings is 2. The molecule has 524 valence electrons. The molecule has 2 aliphatic rings. The van der Waals surface area contributed by atoms with Crippen LogP contribution in [0.5, 0.6) is 0 Å². The van der Waals surface area contributed by atoms with Gasteiger partial charge in [0.25, 0.3) is 0 Å². The maximum atomic E-state index is 14.7. The number of carbonyl (C=O) groups is 13. The monoisotopic (exact) mass is 1350 g/mol. The molecule has 2 aromatic rings.